The third kappa shape index (κ3) is 3.97. The normalized spacial score (nSPS) is 14.2. The molecule has 0 unspecified atom stereocenters. The molecule has 1 aliphatic rings. The molecule has 7 heteroatoms. The Morgan fingerprint density at radius 1 is 1.53 bits per heavy atom. The van der Waals surface area contributed by atoms with E-state index < -0.39 is 0 Å². The maximum Gasteiger partial charge on any atom is 0.273 e. The Balaban J connectivity index is 1.66. The summed E-state index contributed by atoms with van der Waals surface area (Å²) in [5.41, 5.74) is 6.23. The molecule has 0 aliphatic heterocycles. The van der Waals surface area contributed by atoms with E-state index in [4.69, 9.17) is 5.73 Å². The summed E-state index contributed by atoms with van der Waals surface area (Å²) >= 11 is 0. The van der Waals surface area contributed by atoms with Crippen molar-refractivity contribution >= 4 is 17.5 Å². The van der Waals surface area contributed by atoms with Crippen LogP contribution >= 0.6 is 0 Å². The number of hydrogen-bond acceptors (Lipinski definition) is 4. The molecule has 1 heterocycles. The molecule has 1 saturated carbocycles. The van der Waals surface area contributed by atoms with Crippen LogP contribution < -0.4 is 16.4 Å². The predicted molar refractivity (Wildman–Crippen MR) is 70.4 cm³/mol. The molecule has 7 nitrogen and oxygen atoms in total. The summed E-state index contributed by atoms with van der Waals surface area (Å²) in [7, 11) is 1.70. The van der Waals surface area contributed by atoms with Crippen molar-refractivity contribution in [3.05, 3.63) is 11.9 Å². The number of aromatic nitrogens is 2. The maximum absolute atomic E-state index is 11.7. The van der Waals surface area contributed by atoms with Gasteiger partial charge in [-0.3, -0.25) is 14.3 Å². The fraction of sp³-hybridized carbons (Fsp3) is 0.583. The number of rotatable bonds is 6. The zero-order valence-corrected chi connectivity index (χ0v) is 11.0. The summed E-state index contributed by atoms with van der Waals surface area (Å²) in [5, 5.41) is 9.57. The quantitative estimate of drug-likeness (QED) is 0.619. The van der Waals surface area contributed by atoms with E-state index in [1.165, 1.54) is 4.68 Å². The second-order valence-electron chi connectivity index (χ2n) is 4.81. The van der Waals surface area contributed by atoms with Gasteiger partial charge in [0.15, 0.2) is 5.69 Å². The summed E-state index contributed by atoms with van der Waals surface area (Å²) in [6.07, 6.45) is 4.78. The highest BCUT2D eigenvalue weighted by atomic mass is 16.2. The minimum absolute atomic E-state index is 0.0501. The van der Waals surface area contributed by atoms with Crippen LogP contribution in [0.4, 0.5) is 5.69 Å². The Morgan fingerprint density at radius 2 is 2.26 bits per heavy atom. The Labute approximate surface area is 111 Å². The number of nitrogens with zero attached hydrogens (tertiary/aromatic N) is 2. The number of amides is 2. The molecule has 0 radical (unpaired) electrons. The first-order chi connectivity index (χ1) is 9.06. The molecule has 0 aromatic carbocycles. The molecule has 1 aromatic heterocycles. The van der Waals surface area contributed by atoms with Gasteiger partial charge in [0.2, 0.25) is 5.91 Å². The fourth-order valence-electron chi connectivity index (χ4n) is 1.75. The highest BCUT2D eigenvalue weighted by Crippen LogP contribution is 2.18. The van der Waals surface area contributed by atoms with Crippen molar-refractivity contribution in [3.8, 4) is 0 Å². The minimum atomic E-state index is -0.305. The van der Waals surface area contributed by atoms with Crippen LogP contribution in [0.1, 0.15) is 36.2 Å². The molecule has 0 saturated heterocycles. The molecule has 0 atom stereocenters. The van der Waals surface area contributed by atoms with Crippen LogP contribution in [0, 0.1) is 0 Å². The number of nitrogen functional groups attached to an aromatic ring is 1. The zero-order chi connectivity index (χ0) is 13.8. The molecular formula is C12H19N5O2. The van der Waals surface area contributed by atoms with Crippen molar-refractivity contribution in [3.63, 3.8) is 0 Å². The molecule has 4 N–H and O–H groups in total. The van der Waals surface area contributed by atoms with Gasteiger partial charge in [-0.15, -0.1) is 0 Å². The largest absolute Gasteiger partial charge is 0.396 e. The van der Waals surface area contributed by atoms with Gasteiger partial charge in [0.25, 0.3) is 5.91 Å². The zero-order valence-electron chi connectivity index (χ0n) is 11.0. The highest BCUT2D eigenvalue weighted by molar-refractivity contribution is 5.96. The number of anilines is 1. The Kier molecular flexibility index (Phi) is 4.03. The first-order valence-electron chi connectivity index (χ1n) is 6.43. The Morgan fingerprint density at radius 3 is 2.84 bits per heavy atom. The van der Waals surface area contributed by atoms with Crippen molar-refractivity contribution in [2.75, 3.05) is 12.3 Å². The van der Waals surface area contributed by atoms with Crippen LogP contribution in [0.15, 0.2) is 6.20 Å². The standard InChI is InChI=1S/C12H19N5O2/c1-17-7-9(13)11(16-17)12(19)14-6-2-3-10(18)15-8-4-5-8/h7-8H,2-6,13H2,1H3,(H,14,19)(H,15,18). The lowest BCUT2D eigenvalue weighted by Gasteiger charge is -2.04. The number of nitrogens with two attached hydrogens (primary N) is 1. The van der Waals surface area contributed by atoms with Crippen molar-refractivity contribution in [2.45, 2.75) is 31.7 Å². The van der Waals surface area contributed by atoms with Crippen molar-refractivity contribution in [1.29, 1.82) is 0 Å². The van der Waals surface area contributed by atoms with Gasteiger partial charge in [-0.2, -0.15) is 5.10 Å². The van der Waals surface area contributed by atoms with E-state index in [1.807, 2.05) is 0 Å². The predicted octanol–water partition coefficient (Wildman–Crippen LogP) is -0.209. The number of hydrogen-bond donors (Lipinski definition) is 3. The number of nitrogens with one attached hydrogen (secondary N) is 2. The summed E-state index contributed by atoms with van der Waals surface area (Å²) in [4.78, 5) is 23.1. The van der Waals surface area contributed by atoms with Crippen molar-refractivity contribution in [2.24, 2.45) is 7.05 Å². The lowest BCUT2D eigenvalue weighted by Crippen LogP contribution is -2.29. The van der Waals surface area contributed by atoms with E-state index in [-0.39, 0.29) is 17.5 Å². The molecule has 0 bridgehead atoms. The SMILES string of the molecule is Cn1cc(N)c(C(=O)NCCCC(=O)NC2CC2)n1. The fourth-order valence-corrected chi connectivity index (χ4v) is 1.75. The smallest absolute Gasteiger partial charge is 0.273 e. The van der Waals surface area contributed by atoms with Crippen LogP contribution in [0.5, 0.6) is 0 Å². The first kappa shape index (κ1) is 13.4. The van der Waals surface area contributed by atoms with E-state index >= 15 is 0 Å². The lowest BCUT2D eigenvalue weighted by atomic mass is 10.3. The van der Waals surface area contributed by atoms with Gasteiger partial charge in [0, 0.05) is 32.3 Å². The van der Waals surface area contributed by atoms with Gasteiger partial charge < -0.3 is 16.4 Å². The second-order valence-corrected chi connectivity index (χ2v) is 4.81. The summed E-state index contributed by atoms with van der Waals surface area (Å²) < 4.78 is 1.49. The molecule has 1 aliphatic carbocycles. The van der Waals surface area contributed by atoms with E-state index in [9.17, 15) is 9.59 Å². The van der Waals surface area contributed by atoms with E-state index in [0.717, 1.165) is 12.8 Å². The molecule has 104 valence electrons. The van der Waals surface area contributed by atoms with Gasteiger partial charge in [-0.1, -0.05) is 0 Å². The van der Waals surface area contributed by atoms with Gasteiger partial charge in [-0.25, -0.2) is 0 Å². The average molecular weight is 265 g/mol. The molecule has 2 rings (SSSR count). The molecule has 19 heavy (non-hydrogen) atoms. The average Bonchev–Trinajstić information content (AvgIpc) is 3.08. The number of aryl methyl sites for hydroxylation is 1. The highest BCUT2D eigenvalue weighted by Gasteiger charge is 2.22. The molecule has 1 fully saturated rings. The van der Waals surface area contributed by atoms with Crippen LogP contribution in [-0.4, -0.2) is 34.2 Å². The minimum Gasteiger partial charge on any atom is -0.396 e. The number of carbonyl (C=O) groups excluding carboxylic acids is 2. The maximum atomic E-state index is 11.7. The molecule has 1 aromatic rings. The van der Waals surface area contributed by atoms with Crippen molar-refractivity contribution in [1.82, 2.24) is 20.4 Å². The Bertz CT molecular complexity index is 478. The van der Waals surface area contributed by atoms with Crippen LogP contribution in [0.25, 0.3) is 0 Å². The summed E-state index contributed by atoms with van der Waals surface area (Å²) in [6.45, 7) is 0.437. The summed E-state index contributed by atoms with van der Waals surface area (Å²) in [5.74, 6) is -0.255. The molecule has 2 amide bonds. The van der Waals surface area contributed by atoms with Gasteiger partial charge >= 0.3 is 0 Å². The molecule has 0 spiro atoms. The van der Waals surface area contributed by atoms with E-state index in [1.54, 1.807) is 13.2 Å². The van der Waals surface area contributed by atoms with Crippen LogP contribution in [0.2, 0.25) is 0 Å². The van der Waals surface area contributed by atoms with Gasteiger partial charge in [0.1, 0.15) is 0 Å². The van der Waals surface area contributed by atoms with Crippen molar-refractivity contribution < 1.29 is 9.59 Å². The monoisotopic (exact) mass is 265 g/mol. The topological polar surface area (TPSA) is 102 Å². The first-order valence-corrected chi connectivity index (χ1v) is 6.43. The Hall–Kier alpha value is -2.05. The number of carbonyl (C=O) groups is 2. The van der Waals surface area contributed by atoms with Gasteiger partial charge in [-0.05, 0) is 19.3 Å². The second kappa shape index (κ2) is 5.73. The summed E-state index contributed by atoms with van der Waals surface area (Å²) in [6, 6.07) is 0.385. The van der Waals surface area contributed by atoms with Crippen LogP contribution in [-0.2, 0) is 11.8 Å². The van der Waals surface area contributed by atoms with E-state index in [0.29, 0.717) is 31.1 Å². The lowest BCUT2D eigenvalue weighted by molar-refractivity contribution is -0.121. The van der Waals surface area contributed by atoms with Crippen LogP contribution in [0.3, 0.4) is 0 Å². The third-order valence-corrected chi connectivity index (χ3v) is 2.88. The van der Waals surface area contributed by atoms with E-state index in [2.05, 4.69) is 15.7 Å². The van der Waals surface area contributed by atoms with Gasteiger partial charge in [0.05, 0.1) is 5.69 Å². The third-order valence-electron chi connectivity index (χ3n) is 2.88. The molecular weight excluding hydrogens is 246 g/mol.